The number of hydrogen-bond acceptors (Lipinski definition) is 1. The highest BCUT2D eigenvalue weighted by Crippen LogP contribution is 2.13. The molecule has 0 unspecified atom stereocenters. The maximum atomic E-state index is 11.7. The van der Waals surface area contributed by atoms with Crippen LogP contribution in [0.15, 0.2) is 24.3 Å². The van der Waals surface area contributed by atoms with E-state index in [4.69, 9.17) is 4.74 Å². The van der Waals surface area contributed by atoms with Crippen molar-refractivity contribution in [1.82, 2.24) is 0 Å². The molecule has 1 aromatic carbocycles. The first-order chi connectivity index (χ1) is 5.86. The van der Waals surface area contributed by atoms with E-state index in [1.807, 2.05) is 24.3 Å². The maximum absolute atomic E-state index is 11.7. The van der Waals surface area contributed by atoms with E-state index in [-0.39, 0.29) is 6.61 Å². The zero-order valence-corrected chi connectivity index (χ0v) is 7.22. The molecule has 0 saturated heterocycles. The molecule has 0 N–H and O–H groups in total. The van der Waals surface area contributed by atoms with Crippen LogP contribution in [0.3, 0.4) is 0 Å². The van der Waals surface area contributed by atoms with Crippen LogP contribution in [0.5, 0.6) is 5.75 Å². The summed E-state index contributed by atoms with van der Waals surface area (Å²) >= 11 is 0. The van der Waals surface area contributed by atoms with Gasteiger partial charge in [0.15, 0.2) is 0 Å². The van der Waals surface area contributed by atoms with Crippen LogP contribution in [-0.2, 0) is 6.42 Å². The van der Waals surface area contributed by atoms with E-state index < -0.39 is 6.67 Å². The number of halogens is 1. The summed E-state index contributed by atoms with van der Waals surface area (Å²) in [7, 11) is 0. The minimum Gasteiger partial charge on any atom is -0.491 e. The van der Waals surface area contributed by atoms with Gasteiger partial charge in [-0.25, -0.2) is 4.39 Å². The van der Waals surface area contributed by atoms with Crippen LogP contribution in [0, 0.1) is 0 Å². The molecule has 0 bridgehead atoms. The summed E-state index contributed by atoms with van der Waals surface area (Å²) < 4.78 is 16.9. The number of hydrogen-bond donors (Lipinski definition) is 0. The van der Waals surface area contributed by atoms with Gasteiger partial charge in [-0.05, 0) is 24.1 Å². The van der Waals surface area contributed by atoms with Crippen molar-refractivity contribution in [3.8, 4) is 5.75 Å². The summed E-state index contributed by atoms with van der Waals surface area (Å²) in [5.41, 5.74) is 1.21. The highest BCUT2D eigenvalue weighted by atomic mass is 19.1. The van der Waals surface area contributed by atoms with Crippen LogP contribution in [0.1, 0.15) is 12.5 Å². The average Bonchev–Trinajstić information content (AvgIpc) is 2.15. The molecule has 0 saturated carbocycles. The molecule has 0 heterocycles. The van der Waals surface area contributed by atoms with Gasteiger partial charge in [0.05, 0.1) is 0 Å². The first kappa shape index (κ1) is 9.04. The minimum absolute atomic E-state index is 0.146. The van der Waals surface area contributed by atoms with Gasteiger partial charge in [-0.15, -0.1) is 0 Å². The Bertz CT molecular complexity index is 235. The molecule has 0 atom stereocenters. The van der Waals surface area contributed by atoms with Crippen LogP contribution in [0.4, 0.5) is 4.39 Å². The van der Waals surface area contributed by atoms with Crippen molar-refractivity contribution in [3.63, 3.8) is 0 Å². The molecule has 0 fully saturated rings. The van der Waals surface area contributed by atoms with Gasteiger partial charge in [-0.3, -0.25) is 0 Å². The monoisotopic (exact) mass is 168 g/mol. The van der Waals surface area contributed by atoms with Gasteiger partial charge in [-0.1, -0.05) is 19.1 Å². The van der Waals surface area contributed by atoms with E-state index in [2.05, 4.69) is 6.92 Å². The van der Waals surface area contributed by atoms with Crippen molar-refractivity contribution >= 4 is 0 Å². The number of ether oxygens (including phenoxy) is 1. The topological polar surface area (TPSA) is 9.23 Å². The summed E-state index contributed by atoms with van der Waals surface area (Å²) in [5, 5.41) is 0. The molecule has 0 aliphatic rings. The van der Waals surface area contributed by atoms with Gasteiger partial charge < -0.3 is 4.74 Å². The number of aryl methyl sites for hydroxylation is 1. The van der Waals surface area contributed by atoms with Gasteiger partial charge in [-0.2, -0.15) is 0 Å². The molecule has 1 aromatic rings. The van der Waals surface area contributed by atoms with Crippen LogP contribution in [0.2, 0.25) is 0 Å². The SMILES string of the molecule is CCc1cccc(OCCF)c1. The first-order valence-electron chi connectivity index (χ1n) is 4.14. The van der Waals surface area contributed by atoms with Crippen molar-refractivity contribution < 1.29 is 9.13 Å². The molecule has 0 aromatic heterocycles. The number of rotatable bonds is 4. The Morgan fingerprint density at radius 2 is 2.25 bits per heavy atom. The maximum Gasteiger partial charge on any atom is 0.123 e. The van der Waals surface area contributed by atoms with Crippen molar-refractivity contribution in [2.75, 3.05) is 13.3 Å². The van der Waals surface area contributed by atoms with Crippen LogP contribution >= 0.6 is 0 Å². The summed E-state index contributed by atoms with van der Waals surface area (Å²) in [4.78, 5) is 0. The molecular formula is C10H13FO. The lowest BCUT2D eigenvalue weighted by molar-refractivity contribution is 0.273. The highest BCUT2D eigenvalue weighted by molar-refractivity contribution is 5.28. The molecule has 0 aliphatic carbocycles. The van der Waals surface area contributed by atoms with Gasteiger partial charge in [0.2, 0.25) is 0 Å². The third-order valence-electron chi connectivity index (χ3n) is 1.65. The number of alkyl halides is 1. The second-order valence-electron chi connectivity index (χ2n) is 2.54. The van der Waals surface area contributed by atoms with Gasteiger partial charge in [0.25, 0.3) is 0 Å². The highest BCUT2D eigenvalue weighted by Gasteiger charge is 1.93. The van der Waals surface area contributed by atoms with E-state index in [1.54, 1.807) is 0 Å². The smallest absolute Gasteiger partial charge is 0.123 e. The lowest BCUT2D eigenvalue weighted by Gasteiger charge is -2.04. The predicted octanol–water partition coefficient (Wildman–Crippen LogP) is 2.60. The van der Waals surface area contributed by atoms with Gasteiger partial charge in [0.1, 0.15) is 19.0 Å². The molecule has 0 amide bonds. The molecule has 12 heavy (non-hydrogen) atoms. The fourth-order valence-electron chi connectivity index (χ4n) is 1.01. The van der Waals surface area contributed by atoms with E-state index in [0.29, 0.717) is 0 Å². The summed E-state index contributed by atoms with van der Waals surface area (Å²) in [6.07, 6.45) is 0.979. The van der Waals surface area contributed by atoms with E-state index in [9.17, 15) is 4.39 Å². The van der Waals surface area contributed by atoms with Gasteiger partial charge in [0, 0.05) is 0 Å². The minimum atomic E-state index is -0.434. The van der Waals surface area contributed by atoms with Crippen LogP contribution in [0.25, 0.3) is 0 Å². The predicted molar refractivity (Wildman–Crippen MR) is 47.3 cm³/mol. The second-order valence-corrected chi connectivity index (χ2v) is 2.54. The van der Waals surface area contributed by atoms with Crippen LogP contribution < -0.4 is 4.74 Å². The van der Waals surface area contributed by atoms with Crippen molar-refractivity contribution in [1.29, 1.82) is 0 Å². The Morgan fingerprint density at radius 3 is 2.92 bits per heavy atom. The fourth-order valence-corrected chi connectivity index (χ4v) is 1.01. The lowest BCUT2D eigenvalue weighted by atomic mass is 10.2. The molecule has 0 radical (unpaired) electrons. The van der Waals surface area contributed by atoms with E-state index in [0.717, 1.165) is 12.2 Å². The Balaban J connectivity index is 2.60. The Labute approximate surface area is 72.2 Å². The molecule has 0 aliphatic heterocycles. The van der Waals surface area contributed by atoms with Crippen LogP contribution in [-0.4, -0.2) is 13.3 Å². The van der Waals surface area contributed by atoms with Crippen molar-refractivity contribution in [3.05, 3.63) is 29.8 Å². The molecule has 1 rings (SSSR count). The van der Waals surface area contributed by atoms with Crippen molar-refractivity contribution in [2.45, 2.75) is 13.3 Å². The Hall–Kier alpha value is -1.05. The summed E-state index contributed by atoms with van der Waals surface area (Å²) in [5.74, 6) is 0.756. The normalized spacial score (nSPS) is 9.83. The van der Waals surface area contributed by atoms with E-state index in [1.165, 1.54) is 5.56 Å². The average molecular weight is 168 g/mol. The standard InChI is InChI=1S/C10H13FO/c1-2-9-4-3-5-10(8-9)12-7-6-11/h3-5,8H,2,6-7H2,1H3. The zero-order valence-electron chi connectivity index (χ0n) is 7.22. The molecule has 0 spiro atoms. The summed E-state index contributed by atoms with van der Waals surface area (Å²) in [6, 6.07) is 7.74. The quantitative estimate of drug-likeness (QED) is 0.671. The molecule has 66 valence electrons. The lowest BCUT2D eigenvalue weighted by Crippen LogP contribution is -1.98. The fraction of sp³-hybridized carbons (Fsp3) is 0.400. The Kier molecular flexibility index (Phi) is 3.58. The Morgan fingerprint density at radius 1 is 1.42 bits per heavy atom. The molecular weight excluding hydrogens is 155 g/mol. The summed E-state index contributed by atoms with van der Waals surface area (Å²) in [6.45, 7) is 1.79. The first-order valence-corrected chi connectivity index (χ1v) is 4.14. The third-order valence-corrected chi connectivity index (χ3v) is 1.65. The second kappa shape index (κ2) is 4.75. The largest absolute Gasteiger partial charge is 0.491 e. The zero-order chi connectivity index (χ0) is 8.81. The van der Waals surface area contributed by atoms with Crippen molar-refractivity contribution in [2.24, 2.45) is 0 Å². The number of benzene rings is 1. The third kappa shape index (κ3) is 2.53. The van der Waals surface area contributed by atoms with E-state index >= 15 is 0 Å². The molecule has 1 nitrogen and oxygen atoms in total. The molecule has 2 heteroatoms. The van der Waals surface area contributed by atoms with Gasteiger partial charge >= 0.3 is 0 Å².